The first kappa shape index (κ1) is 18.0. The molecule has 0 aromatic heterocycles. The summed E-state index contributed by atoms with van der Waals surface area (Å²) in [6.07, 6.45) is 1.02. The van der Waals surface area contributed by atoms with E-state index in [2.05, 4.69) is 58.9 Å². The van der Waals surface area contributed by atoms with E-state index in [-0.39, 0.29) is 5.04 Å². The van der Waals surface area contributed by atoms with Gasteiger partial charge in [0.05, 0.1) is 0 Å². The van der Waals surface area contributed by atoms with Crippen LogP contribution in [0.3, 0.4) is 0 Å². The molecular weight excluding hydrogens is 296 g/mol. The van der Waals surface area contributed by atoms with Crippen molar-refractivity contribution in [1.29, 1.82) is 0 Å². The van der Waals surface area contributed by atoms with Gasteiger partial charge in [0.2, 0.25) is 0 Å². The molecule has 0 aliphatic heterocycles. The molecule has 0 spiro atoms. The summed E-state index contributed by atoms with van der Waals surface area (Å²) in [5.41, 5.74) is 0. The summed E-state index contributed by atoms with van der Waals surface area (Å²) >= 11 is 0. The van der Waals surface area contributed by atoms with Crippen molar-refractivity contribution in [3.8, 4) is 0 Å². The number of rotatable bonds is 6. The molecule has 0 fully saturated rings. The Kier molecular flexibility index (Phi) is 5.48. The summed E-state index contributed by atoms with van der Waals surface area (Å²) in [4.78, 5) is 12.1. The third-order valence-corrected chi connectivity index (χ3v) is 9.83. The van der Waals surface area contributed by atoms with Crippen LogP contribution in [-0.2, 0) is 0 Å². The molecule has 2 aromatic carbocycles. The van der Waals surface area contributed by atoms with E-state index in [1.165, 1.54) is 0 Å². The fourth-order valence-electron chi connectivity index (χ4n) is 3.50. The standard InChI is InChI=1S/C21H30OSi/c1-17(2)18(3)16-21(4,5)23(22,19-12-8-6-9-13-19)20-14-10-7-11-15-20/h6-15,17-18,22H,16H2,1-5H3. The van der Waals surface area contributed by atoms with Crippen LogP contribution in [0.25, 0.3) is 0 Å². The van der Waals surface area contributed by atoms with E-state index in [0.717, 1.165) is 16.8 Å². The van der Waals surface area contributed by atoms with Gasteiger partial charge in [-0.15, -0.1) is 0 Å². The first-order chi connectivity index (χ1) is 10.8. The predicted molar refractivity (Wildman–Crippen MR) is 103 cm³/mol. The molecule has 2 rings (SSSR count). The first-order valence-electron chi connectivity index (χ1n) is 8.62. The Morgan fingerprint density at radius 1 is 0.826 bits per heavy atom. The Morgan fingerprint density at radius 3 is 1.57 bits per heavy atom. The van der Waals surface area contributed by atoms with E-state index in [4.69, 9.17) is 0 Å². The van der Waals surface area contributed by atoms with Crippen LogP contribution < -0.4 is 10.4 Å². The minimum atomic E-state index is -2.84. The molecule has 0 saturated carbocycles. The van der Waals surface area contributed by atoms with Crippen molar-refractivity contribution in [2.75, 3.05) is 0 Å². The zero-order valence-corrected chi connectivity index (χ0v) is 16.1. The molecule has 1 atom stereocenters. The van der Waals surface area contributed by atoms with Crippen molar-refractivity contribution in [1.82, 2.24) is 0 Å². The Labute approximate surface area is 142 Å². The van der Waals surface area contributed by atoms with Crippen LogP contribution in [-0.4, -0.2) is 13.1 Å². The van der Waals surface area contributed by atoms with E-state index in [1.54, 1.807) is 0 Å². The maximum Gasteiger partial charge on any atom is 0.258 e. The summed E-state index contributed by atoms with van der Waals surface area (Å²) in [5, 5.41) is 2.07. The van der Waals surface area contributed by atoms with Gasteiger partial charge in [0.15, 0.2) is 0 Å². The predicted octanol–water partition coefficient (Wildman–Crippen LogP) is 4.20. The second-order valence-electron chi connectivity index (χ2n) is 7.75. The molecule has 0 aliphatic carbocycles. The van der Waals surface area contributed by atoms with E-state index < -0.39 is 8.32 Å². The van der Waals surface area contributed by atoms with Gasteiger partial charge in [-0.3, -0.25) is 0 Å². The smallest absolute Gasteiger partial charge is 0.258 e. The van der Waals surface area contributed by atoms with Crippen molar-refractivity contribution >= 4 is 18.7 Å². The van der Waals surface area contributed by atoms with E-state index in [1.807, 2.05) is 36.4 Å². The fourth-order valence-corrected chi connectivity index (χ4v) is 7.36. The van der Waals surface area contributed by atoms with Crippen LogP contribution in [0.1, 0.15) is 41.0 Å². The topological polar surface area (TPSA) is 20.2 Å². The summed E-state index contributed by atoms with van der Waals surface area (Å²) in [5.74, 6) is 1.20. The molecule has 2 aromatic rings. The van der Waals surface area contributed by atoms with E-state index >= 15 is 0 Å². The highest BCUT2D eigenvalue weighted by Gasteiger charge is 2.50. The molecule has 1 nitrogen and oxygen atoms in total. The summed E-state index contributed by atoms with van der Waals surface area (Å²) in [6.45, 7) is 11.3. The molecule has 124 valence electrons. The highest BCUT2D eigenvalue weighted by Crippen LogP contribution is 2.42. The molecule has 0 saturated heterocycles. The van der Waals surface area contributed by atoms with Gasteiger partial charge < -0.3 is 4.80 Å². The van der Waals surface area contributed by atoms with E-state index in [9.17, 15) is 4.80 Å². The van der Waals surface area contributed by atoms with Crippen LogP contribution in [0.15, 0.2) is 60.7 Å². The van der Waals surface area contributed by atoms with Gasteiger partial charge >= 0.3 is 0 Å². The van der Waals surface area contributed by atoms with Gasteiger partial charge in [-0.25, -0.2) is 0 Å². The monoisotopic (exact) mass is 326 g/mol. The summed E-state index contributed by atoms with van der Waals surface area (Å²) in [6, 6.07) is 20.6. The molecule has 23 heavy (non-hydrogen) atoms. The van der Waals surface area contributed by atoms with Crippen molar-refractivity contribution in [2.24, 2.45) is 11.8 Å². The molecular formula is C21H30OSi. The highest BCUT2D eigenvalue weighted by molar-refractivity contribution is 6.98. The van der Waals surface area contributed by atoms with Gasteiger partial charge in [-0.2, -0.15) is 0 Å². The molecule has 2 heteroatoms. The Hall–Kier alpha value is -1.38. The van der Waals surface area contributed by atoms with E-state index in [0.29, 0.717) is 11.8 Å². The summed E-state index contributed by atoms with van der Waals surface area (Å²) in [7, 11) is -2.84. The molecule has 1 unspecified atom stereocenters. The third kappa shape index (κ3) is 3.59. The minimum Gasteiger partial charge on any atom is -0.424 e. The van der Waals surface area contributed by atoms with Crippen LogP contribution in [0.5, 0.6) is 0 Å². The Bertz CT molecular complexity index is 565. The molecule has 0 heterocycles. The second kappa shape index (κ2) is 7.02. The third-order valence-electron chi connectivity index (χ3n) is 5.33. The average molecular weight is 327 g/mol. The van der Waals surface area contributed by atoms with Crippen molar-refractivity contribution in [2.45, 2.75) is 46.1 Å². The first-order valence-corrected chi connectivity index (χ1v) is 10.6. The van der Waals surface area contributed by atoms with Gasteiger partial charge in [0, 0.05) is 0 Å². The summed E-state index contributed by atoms with van der Waals surface area (Å²) < 4.78 is 0. The number of benzene rings is 2. The SMILES string of the molecule is CC(C)C(C)CC(C)(C)[Si](O)(c1ccccc1)c1ccccc1. The minimum absolute atomic E-state index is 0.139. The largest absolute Gasteiger partial charge is 0.424 e. The van der Waals surface area contributed by atoms with Gasteiger partial charge in [0.1, 0.15) is 0 Å². The van der Waals surface area contributed by atoms with Crippen LogP contribution in [0, 0.1) is 11.8 Å². The zero-order chi connectivity index (χ0) is 17.1. The lowest BCUT2D eigenvalue weighted by Crippen LogP contribution is -2.65. The van der Waals surface area contributed by atoms with Crippen molar-refractivity contribution in [3.63, 3.8) is 0 Å². The number of hydrogen-bond donors (Lipinski definition) is 1. The Balaban J connectivity index is 2.54. The quantitative estimate of drug-likeness (QED) is 0.789. The normalized spacial score (nSPS) is 14.0. The number of hydrogen-bond acceptors (Lipinski definition) is 1. The van der Waals surface area contributed by atoms with Crippen LogP contribution >= 0.6 is 0 Å². The molecule has 1 N–H and O–H groups in total. The maximum absolute atomic E-state index is 12.1. The highest BCUT2D eigenvalue weighted by atomic mass is 28.4. The van der Waals surface area contributed by atoms with Gasteiger partial charge in [-0.05, 0) is 33.7 Å². The lowest BCUT2D eigenvalue weighted by atomic mass is 9.89. The maximum atomic E-state index is 12.1. The van der Waals surface area contributed by atoms with Crippen molar-refractivity contribution < 1.29 is 4.80 Å². The van der Waals surface area contributed by atoms with Gasteiger partial charge in [0.25, 0.3) is 8.32 Å². The average Bonchev–Trinajstić information content (AvgIpc) is 2.55. The fraction of sp³-hybridized carbons (Fsp3) is 0.429. The zero-order valence-electron chi connectivity index (χ0n) is 15.1. The molecule has 0 bridgehead atoms. The molecule has 0 aliphatic rings. The van der Waals surface area contributed by atoms with Gasteiger partial charge in [-0.1, -0.05) is 95.3 Å². The lowest BCUT2D eigenvalue weighted by Gasteiger charge is -2.43. The Morgan fingerprint density at radius 2 is 1.22 bits per heavy atom. The molecule has 0 amide bonds. The van der Waals surface area contributed by atoms with Crippen LogP contribution in [0.2, 0.25) is 5.04 Å². The van der Waals surface area contributed by atoms with Crippen molar-refractivity contribution in [3.05, 3.63) is 60.7 Å². The lowest BCUT2D eigenvalue weighted by molar-refractivity contribution is 0.330. The second-order valence-corrected chi connectivity index (χ2v) is 11.7. The van der Waals surface area contributed by atoms with Crippen LogP contribution in [0.4, 0.5) is 0 Å². The molecule has 0 radical (unpaired) electrons.